The van der Waals surface area contributed by atoms with Crippen LogP contribution in [0.1, 0.15) is 5.56 Å². The van der Waals surface area contributed by atoms with Crippen LogP contribution in [0.2, 0.25) is 10.0 Å². The number of carbonyl (C=O) groups excluding carboxylic acids is 1. The van der Waals surface area contributed by atoms with E-state index in [0.29, 0.717) is 36.8 Å². The molecule has 0 saturated carbocycles. The Kier molecular flexibility index (Phi) is 6.15. The molecule has 0 bridgehead atoms. The van der Waals surface area contributed by atoms with Crippen LogP contribution in [-0.4, -0.2) is 21.2 Å². The molecule has 2 aromatic heterocycles. The number of halogens is 2. The Morgan fingerprint density at radius 3 is 2.63 bits per heavy atom. The zero-order valence-electron chi connectivity index (χ0n) is 15.7. The van der Waals surface area contributed by atoms with Gasteiger partial charge in [0.15, 0.2) is 5.16 Å². The fourth-order valence-corrected chi connectivity index (χ4v) is 4.72. The van der Waals surface area contributed by atoms with E-state index in [1.807, 2.05) is 18.4 Å². The van der Waals surface area contributed by atoms with Crippen LogP contribution in [0.25, 0.3) is 15.9 Å². The number of amides is 1. The van der Waals surface area contributed by atoms with E-state index in [2.05, 4.69) is 10.3 Å². The van der Waals surface area contributed by atoms with E-state index in [9.17, 15) is 9.59 Å². The first-order chi connectivity index (χ1) is 14.4. The predicted octanol–water partition coefficient (Wildman–Crippen LogP) is 5.79. The van der Waals surface area contributed by atoms with Gasteiger partial charge < -0.3 is 5.32 Å². The van der Waals surface area contributed by atoms with Gasteiger partial charge in [-0.3, -0.25) is 14.2 Å². The Hall–Kier alpha value is -2.32. The number of anilines is 1. The highest BCUT2D eigenvalue weighted by Gasteiger charge is 2.16. The molecule has 0 fully saturated rings. The summed E-state index contributed by atoms with van der Waals surface area (Å²) in [5.74, 6) is -0.130. The number of rotatable bonds is 5. The quantitative estimate of drug-likeness (QED) is 0.292. The lowest BCUT2D eigenvalue weighted by Crippen LogP contribution is -2.22. The van der Waals surface area contributed by atoms with Crippen molar-refractivity contribution in [2.24, 2.45) is 0 Å². The van der Waals surface area contributed by atoms with Gasteiger partial charge in [0.25, 0.3) is 5.56 Å². The summed E-state index contributed by atoms with van der Waals surface area (Å²) in [4.78, 5) is 30.2. The zero-order valence-corrected chi connectivity index (χ0v) is 18.8. The lowest BCUT2D eigenvalue weighted by atomic mass is 10.2. The van der Waals surface area contributed by atoms with E-state index in [1.54, 1.807) is 42.5 Å². The van der Waals surface area contributed by atoms with Gasteiger partial charge in [0.2, 0.25) is 5.91 Å². The Morgan fingerprint density at radius 1 is 1.13 bits per heavy atom. The van der Waals surface area contributed by atoms with Crippen molar-refractivity contribution in [1.82, 2.24) is 9.55 Å². The molecule has 152 valence electrons. The number of aromatic nitrogens is 2. The number of aryl methyl sites for hydroxylation is 1. The zero-order chi connectivity index (χ0) is 21.3. The minimum atomic E-state index is -0.215. The average molecular weight is 476 g/mol. The lowest BCUT2D eigenvalue weighted by Gasteiger charge is -2.13. The molecule has 1 amide bonds. The van der Waals surface area contributed by atoms with Crippen molar-refractivity contribution < 1.29 is 4.79 Å². The molecule has 30 heavy (non-hydrogen) atoms. The van der Waals surface area contributed by atoms with Gasteiger partial charge in [-0.25, -0.2) is 4.98 Å². The fraction of sp³-hybridized carbons (Fsp3) is 0.0952. The largest absolute Gasteiger partial charge is 0.325 e. The van der Waals surface area contributed by atoms with Crippen LogP contribution in [0.15, 0.2) is 63.9 Å². The second-order valence-electron chi connectivity index (χ2n) is 6.44. The summed E-state index contributed by atoms with van der Waals surface area (Å²) in [5, 5.41) is 6.24. The van der Waals surface area contributed by atoms with Gasteiger partial charge in [0.1, 0.15) is 4.70 Å². The van der Waals surface area contributed by atoms with E-state index in [1.165, 1.54) is 27.7 Å². The maximum absolute atomic E-state index is 13.1. The number of hydrogen-bond acceptors (Lipinski definition) is 5. The smallest absolute Gasteiger partial charge is 0.276 e. The molecule has 0 aliphatic carbocycles. The Morgan fingerprint density at radius 2 is 1.87 bits per heavy atom. The minimum Gasteiger partial charge on any atom is -0.325 e. The third-order valence-electron chi connectivity index (χ3n) is 4.34. The van der Waals surface area contributed by atoms with Crippen LogP contribution in [0.5, 0.6) is 0 Å². The third kappa shape index (κ3) is 4.39. The molecule has 0 saturated heterocycles. The van der Waals surface area contributed by atoms with Gasteiger partial charge >= 0.3 is 0 Å². The molecule has 0 aliphatic heterocycles. The number of fused-ring (bicyclic) bond motifs is 1. The Bertz CT molecular complexity index is 1300. The summed E-state index contributed by atoms with van der Waals surface area (Å²) >= 11 is 14.5. The molecule has 0 aliphatic rings. The molecule has 0 atom stereocenters. The van der Waals surface area contributed by atoms with Crippen molar-refractivity contribution in [3.8, 4) is 5.69 Å². The van der Waals surface area contributed by atoms with Crippen LogP contribution >= 0.6 is 46.3 Å². The Balaban J connectivity index is 1.64. The van der Waals surface area contributed by atoms with Crippen LogP contribution in [-0.2, 0) is 4.79 Å². The summed E-state index contributed by atoms with van der Waals surface area (Å²) in [7, 11) is 0. The second kappa shape index (κ2) is 8.81. The van der Waals surface area contributed by atoms with Gasteiger partial charge in [-0.1, -0.05) is 41.0 Å². The molecule has 0 radical (unpaired) electrons. The predicted molar refractivity (Wildman–Crippen MR) is 126 cm³/mol. The van der Waals surface area contributed by atoms with E-state index in [0.717, 1.165) is 5.56 Å². The van der Waals surface area contributed by atoms with Gasteiger partial charge in [0.05, 0.1) is 17.0 Å². The Labute approximate surface area is 190 Å². The number of benzene rings is 2. The number of thioether (sulfide) groups is 1. The average Bonchev–Trinajstić information content (AvgIpc) is 3.19. The number of carbonyl (C=O) groups is 1. The summed E-state index contributed by atoms with van der Waals surface area (Å²) in [6.07, 6.45) is 0. The molecule has 0 spiro atoms. The fourth-order valence-electron chi connectivity index (χ4n) is 2.85. The highest BCUT2D eigenvalue weighted by molar-refractivity contribution is 7.99. The van der Waals surface area contributed by atoms with Crippen molar-refractivity contribution >= 4 is 68.1 Å². The van der Waals surface area contributed by atoms with Gasteiger partial charge in [-0.05, 0) is 60.3 Å². The summed E-state index contributed by atoms with van der Waals surface area (Å²) in [6.45, 7) is 1.89. The normalized spacial score (nSPS) is 11.0. The molecular formula is C21H15Cl2N3O2S2. The lowest BCUT2D eigenvalue weighted by molar-refractivity contribution is -0.113. The van der Waals surface area contributed by atoms with Gasteiger partial charge in [-0.15, -0.1) is 11.3 Å². The standard InChI is InChI=1S/C21H15Cl2N3O2S2/c1-12-2-3-14(23)10-17(12)24-18(27)11-30-21-25-16-8-9-29-19(16)20(28)26(21)15-6-4-13(22)5-7-15/h2-10H,11H2,1H3,(H,24,27). The molecular weight excluding hydrogens is 461 g/mol. The topological polar surface area (TPSA) is 64.0 Å². The summed E-state index contributed by atoms with van der Waals surface area (Å²) in [6, 6.07) is 14.1. The monoisotopic (exact) mass is 475 g/mol. The van der Waals surface area contributed by atoms with Crippen molar-refractivity contribution in [2.45, 2.75) is 12.1 Å². The molecule has 4 rings (SSSR count). The molecule has 2 heterocycles. The summed E-state index contributed by atoms with van der Waals surface area (Å²) in [5.41, 5.74) is 2.65. The maximum Gasteiger partial charge on any atom is 0.276 e. The molecule has 1 N–H and O–H groups in total. The van der Waals surface area contributed by atoms with E-state index >= 15 is 0 Å². The van der Waals surface area contributed by atoms with Crippen LogP contribution in [0.4, 0.5) is 5.69 Å². The van der Waals surface area contributed by atoms with E-state index < -0.39 is 0 Å². The molecule has 0 unspecified atom stereocenters. The van der Waals surface area contributed by atoms with E-state index in [4.69, 9.17) is 23.2 Å². The molecule has 2 aromatic carbocycles. The molecule has 4 aromatic rings. The summed E-state index contributed by atoms with van der Waals surface area (Å²) < 4.78 is 2.07. The molecule has 5 nitrogen and oxygen atoms in total. The van der Waals surface area contributed by atoms with E-state index in [-0.39, 0.29) is 17.2 Å². The minimum absolute atomic E-state index is 0.0849. The van der Waals surface area contributed by atoms with Crippen LogP contribution in [0.3, 0.4) is 0 Å². The van der Waals surface area contributed by atoms with Gasteiger partial charge in [0, 0.05) is 15.7 Å². The maximum atomic E-state index is 13.1. The van der Waals surface area contributed by atoms with Crippen molar-refractivity contribution in [3.63, 3.8) is 0 Å². The highest BCUT2D eigenvalue weighted by atomic mass is 35.5. The number of hydrogen-bond donors (Lipinski definition) is 1. The van der Waals surface area contributed by atoms with Crippen LogP contribution < -0.4 is 10.9 Å². The van der Waals surface area contributed by atoms with Gasteiger partial charge in [-0.2, -0.15) is 0 Å². The number of nitrogens with one attached hydrogen (secondary N) is 1. The number of thiophene rings is 1. The van der Waals surface area contributed by atoms with Crippen molar-refractivity contribution in [3.05, 3.63) is 79.9 Å². The third-order valence-corrected chi connectivity index (χ3v) is 6.66. The highest BCUT2D eigenvalue weighted by Crippen LogP contribution is 2.25. The first kappa shape index (κ1) is 20.9. The van der Waals surface area contributed by atoms with Crippen LogP contribution in [0, 0.1) is 6.92 Å². The first-order valence-corrected chi connectivity index (χ1v) is 11.5. The molecule has 9 heteroatoms. The number of nitrogens with zero attached hydrogens (tertiary/aromatic N) is 2. The first-order valence-electron chi connectivity index (χ1n) is 8.87. The van der Waals surface area contributed by atoms with Crippen molar-refractivity contribution in [1.29, 1.82) is 0 Å². The van der Waals surface area contributed by atoms with Crippen molar-refractivity contribution in [2.75, 3.05) is 11.1 Å². The second-order valence-corrected chi connectivity index (χ2v) is 9.17. The SMILES string of the molecule is Cc1ccc(Cl)cc1NC(=O)CSc1nc2ccsc2c(=O)n1-c1ccc(Cl)cc1.